The molecule has 0 bridgehead atoms. The Labute approximate surface area is 194 Å². The highest BCUT2D eigenvalue weighted by atomic mass is 32.1. The van der Waals surface area contributed by atoms with Crippen LogP contribution in [-0.2, 0) is 0 Å². The van der Waals surface area contributed by atoms with Gasteiger partial charge in [-0.2, -0.15) is 0 Å². The van der Waals surface area contributed by atoms with Gasteiger partial charge in [0.25, 0.3) is 0 Å². The number of nitrogens with zero attached hydrogens (tertiary/aromatic N) is 6. The molecule has 0 amide bonds. The van der Waals surface area contributed by atoms with E-state index in [0.29, 0.717) is 0 Å². The molecule has 12 heteroatoms. The van der Waals surface area contributed by atoms with Crippen LogP contribution < -0.4 is 0 Å². The Kier molecular flexibility index (Phi) is 4.82. The Morgan fingerprint density at radius 1 is 0.467 bits per heavy atom. The van der Waals surface area contributed by atoms with Gasteiger partial charge in [0, 0.05) is 38.5 Å². The van der Waals surface area contributed by atoms with Gasteiger partial charge in [0.05, 0.1) is 5.51 Å². The molecule has 0 saturated carbocycles. The van der Waals surface area contributed by atoms with Crippen molar-refractivity contribution < 1.29 is 0 Å². The Morgan fingerprint density at radius 2 is 0.967 bits per heavy atom. The smallest absolute Gasteiger partial charge is 0.143 e. The third-order valence-corrected chi connectivity index (χ3v) is 8.82. The number of rotatable bonds is 5. The quantitative estimate of drug-likeness (QED) is 0.260. The van der Waals surface area contributed by atoms with Gasteiger partial charge >= 0.3 is 0 Å². The number of thiazole rings is 6. The molecule has 30 heavy (non-hydrogen) atoms. The van der Waals surface area contributed by atoms with E-state index in [1.54, 1.807) is 74.2 Å². The van der Waals surface area contributed by atoms with Crippen molar-refractivity contribution in [3.63, 3.8) is 0 Å². The molecule has 0 aliphatic carbocycles. The van der Waals surface area contributed by atoms with E-state index < -0.39 is 0 Å². The molecule has 0 radical (unpaired) electrons. The minimum absolute atomic E-state index is 0.867. The average Bonchev–Trinajstić information content (AvgIpc) is 3.62. The molecule has 0 fully saturated rings. The Hall–Kier alpha value is -2.22. The van der Waals surface area contributed by atoms with E-state index in [4.69, 9.17) is 15.0 Å². The molecule has 6 aromatic rings. The highest BCUT2D eigenvalue weighted by Gasteiger charge is 2.16. The summed E-state index contributed by atoms with van der Waals surface area (Å²) in [6.45, 7) is 0. The third-order valence-electron chi connectivity index (χ3n) is 3.98. The lowest BCUT2D eigenvalue weighted by Crippen LogP contribution is -1.82. The van der Waals surface area contributed by atoms with Crippen LogP contribution in [-0.4, -0.2) is 29.9 Å². The highest BCUT2D eigenvalue weighted by molar-refractivity contribution is 7.17. The Balaban J connectivity index is 1.26. The van der Waals surface area contributed by atoms with Crippen LogP contribution in [0.2, 0.25) is 0 Å². The molecule has 0 aromatic carbocycles. The zero-order chi connectivity index (χ0) is 19.9. The highest BCUT2D eigenvalue weighted by Crippen LogP contribution is 2.36. The molecule has 6 nitrogen and oxygen atoms in total. The second-order valence-corrected chi connectivity index (χ2v) is 10.9. The van der Waals surface area contributed by atoms with Crippen molar-refractivity contribution in [2.45, 2.75) is 0 Å². The number of hydrogen-bond donors (Lipinski definition) is 0. The van der Waals surface area contributed by atoms with Crippen LogP contribution in [0.4, 0.5) is 0 Å². The number of hydrogen-bond acceptors (Lipinski definition) is 12. The van der Waals surface area contributed by atoms with Crippen molar-refractivity contribution in [2.75, 3.05) is 0 Å². The van der Waals surface area contributed by atoms with E-state index in [1.165, 1.54) is 0 Å². The molecule has 0 unspecified atom stereocenters. The molecular weight excluding hydrogens is 493 g/mol. The van der Waals surface area contributed by atoms with Gasteiger partial charge < -0.3 is 0 Å². The largest absolute Gasteiger partial charge is 0.243 e. The second kappa shape index (κ2) is 7.80. The first kappa shape index (κ1) is 18.5. The van der Waals surface area contributed by atoms with Crippen LogP contribution in [0.3, 0.4) is 0 Å². The summed E-state index contributed by atoms with van der Waals surface area (Å²) < 4.78 is 0. The van der Waals surface area contributed by atoms with Crippen LogP contribution in [0.5, 0.6) is 0 Å². The fourth-order valence-corrected chi connectivity index (χ4v) is 7.20. The van der Waals surface area contributed by atoms with Gasteiger partial charge in [-0.1, -0.05) is 0 Å². The maximum absolute atomic E-state index is 4.77. The first-order valence-electron chi connectivity index (χ1n) is 8.45. The third kappa shape index (κ3) is 3.45. The van der Waals surface area contributed by atoms with Crippen molar-refractivity contribution in [2.24, 2.45) is 0 Å². The van der Waals surface area contributed by atoms with Crippen LogP contribution in [0.15, 0.2) is 44.0 Å². The van der Waals surface area contributed by atoms with Gasteiger partial charge in [-0.15, -0.1) is 68.0 Å². The number of aromatic nitrogens is 6. The van der Waals surface area contributed by atoms with Gasteiger partial charge in [0.15, 0.2) is 0 Å². The molecule has 0 N–H and O–H groups in total. The molecule has 0 spiro atoms. The van der Waals surface area contributed by atoms with Gasteiger partial charge in [0.2, 0.25) is 0 Å². The first-order valence-corrected chi connectivity index (χ1v) is 13.8. The summed E-state index contributed by atoms with van der Waals surface area (Å²) in [5, 5.41) is 16.6. The van der Waals surface area contributed by atoms with Gasteiger partial charge in [-0.3, -0.25) is 0 Å². The summed E-state index contributed by atoms with van der Waals surface area (Å²) in [5.41, 5.74) is 6.25. The van der Waals surface area contributed by atoms with Gasteiger partial charge in [-0.25, -0.2) is 29.9 Å². The van der Waals surface area contributed by atoms with Gasteiger partial charge in [-0.05, 0) is 0 Å². The molecule has 6 rings (SSSR count). The van der Waals surface area contributed by atoms with Crippen molar-refractivity contribution in [1.82, 2.24) is 29.9 Å². The summed E-state index contributed by atoms with van der Waals surface area (Å²) in [5.74, 6) is 0. The fraction of sp³-hybridized carbons (Fsp3) is 0. The summed E-state index contributed by atoms with van der Waals surface area (Å²) >= 11 is 9.48. The van der Waals surface area contributed by atoms with Crippen LogP contribution >= 0.6 is 68.0 Å². The lowest BCUT2D eigenvalue weighted by atomic mass is 10.4. The van der Waals surface area contributed by atoms with E-state index >= 15 is 0 Å². The fourth-order valence-electron chi connectivity index (χ4n) is 2.63. The van der Waals surface area contributed by atoms with Crippen LogP contribution in [0.25, 0.3) is 53.5 Å². The second-order valence-electron chi connectivity index (χ2n) is 5.86. The van der Waals surface area contributed by atoms with Crippen molar-refractivity contribution in [3.8, 4) is 53.5 Å². The zero-order valence-corrected chi connectivity index (χ0v) is 19.7. The summed E-state index contributed by atoms with van der Waals surface area (Å²) in [7, 11) is 0. The standard InChI is InChI=1S/C18H8N6S6/c1-2-26-14(19-1)10-4-28-16(21-10)12-6-30-18(23-12)13-7-29-17(24-13)11-5-27-15(22-11)9-3-25-8-20-9/h1-8H. The normalized spacial score (nSPS) is 11.3. The predicted molar refractivity (Wildman–Crippen MR) is 128 cm³/mol. The van der Waals surface area contributed by atoms with Crippen LogP contribution in [0.1, 0.15) is 0 Å². The lowest BCUT2D eigenvalue weighted by Gasteiger charge is -1.90. The van der Waals surface area contributed by atoms with E-state index in [2.05, 4.69) is 15.0 Å². The molecule has 6 heterocycles. The molecule has 0 aliphatic heterocycles. The minimum atomic E-state index is 0.867. The molecule has 6 aromatic heterocycles. The Bertz CT molecular complexity index is 1300. The van der Waals surface area contributed by atoms with Crippen molar-refractivity contribution in [1.29, 1.82) is 0 Å². The molecular formula is C18H8N6S6. The Morgan fingerprint density at radius 3 is 1.40 bits per heavy atom. The SMILES string of the molecule is c1csc(-c2csc(-c3csc(-c4csc(-c5csc(-c6cscn6)n5)n4)n3)n2)n1. The summed E-state index contributed by atoms with van der Waals surface area (Å²) in [4.78, 5) is 27.6. The predicted octanol–water partition coefficient (Wildman–Crippen LogP) is 6.76. The topological polar surface area (TPSA) is 77.3 Å². The molecule has 0 saturated heterocycles. The monoisotopic (exact) mass is 500 g/mol. The molecule has 0 aliphatic rings. The maximum Gasteiger partial charge on any atom is 0.143 e. The maximum atomic E-state index is 4.77. The van der Waals surface area contributed by atoms with Crippen molar-refractivity contribution in [3.05, 3.63) is 44.0 Å². The summed E-state index contributed by atoms with van der Waals surface area (Å²) in [6, 6.07) is 0. The van der Waals surface area contributed by atoms with Gasteiger partial charge in [0.1, 0.15) is 53.5 Å². The van der Waals surface area contributed by atoms with Crippen LogP contribution in [0, 0.1) is 0 Å². The zero-order valence-electron chi connectivity index (χ0n) is 14.8. The van der Waals surface area contributed by atoms with E-state index in [1.807, 2.05) is 37.8 Å². The van der Waals surface area contributed by atoms with E-state index in [9.17, 15) is 0 Å². The summed E-state index contributed by atoms with van der Waals surface area (Å²) in [6.07, 6.45) is 1.79. The average molecular weight is 501 g/mol. The first-order chi connectivity index (χ1) is 14.8. The van der Waals surface area contributed by atoms with Crippen molar-refractivity contribution >= 4 is 68.0 Å². The minimum Gasteiger partial charge on any atom is -0.243 e. The molecule has 146 valence electrons. The lowest BCUT2D eigenvalue weighted by molar-refractivity contribution is 1.29. The van der Waals surface area contributed by atoms with E-state index in [0.717, 1.165) is 53.5 Å². The van der Waals surface area contributed by atoms with E-state index in [-0.39, 0.29) is 0 Å². The molecule has 0 atom stereocenters.